The van der Waals surface area contributed by atoms with Crippen molar-refractivity contribution in [1.82, 2.24) is 20.3 Å². The predicted molar refractivity (Wildman–Crippen MR) is 115 cm³/mol. The van der Waals surface area contributed by atoms with Gasteiger partial charge in [-0.05, 0) is 49.6 Å². The average Bonchev–Trinajstić information content (AvgIpc) is 2.98. The number of anilines is 1. The van der Waals surface area contributed by atoms with Crippen molar-refractivity contribution < 1.29 is 4.79 Å². The Morgan fingerprint density at radius 1 is 1.07 bits per heavy atom. The molecule has 0 aliphatic carbocycles. The third-order valence-corrected chi connectivity index (χ3v) is 4.86. The smallest absolute Gasteiger partial charge is 0.251 e. The molecule has 0 saturated heterocycles. The van der Waals surface area contributed by atoms with Gasteiger partial charge in [0.2, 0.25) is 0 Å². The van der Waals surface area contributed by atoms with E-state index >= 15 is 0 Å². The highest BCUT2D eigenvalue weighted by atomic mass is 16.1. The van der Waals surface area contributed by atoms with E-state index < -0.39 is 0 Å². The highest BCUT2D eigenvalue weighted by molar-refractivity contribution is 5.98. The summed E-state index contributed by atoms with van der Waals surface area (Å²) in [5.74, 6) is -0.112. The van der Waals surface area contributed by atoms with Gasteiger partial charge in [-0.15, -0.1) is 5.10 Å². The number of aryl methyl sites for hydroxylation is 3. The maximum absolute atomic E-state index is 12.9. The van der Waals surface area contributed by atoms with E-state index in [1.807, 2.05) is 34.0 Å². The van der Waals surface area contributed by atoms with Crippen LogP contribution in [0.2, 0.25) is 0 Å². The number of nitrogens with one attached hydrogen (secondary N) is 2. The van der Waals surface area contributed by atoms with E-state index in [0.717, 1.165) is 33.8 Å². The summed E-state index contributed by atoms with van der Waals surface area (Å²) in [7, 11) is 3.69. The number of aromatic nitrogens is 3. The summed E-state index contributed by atoms with van der Waals surface area (Å²) in [5.41, 5.74) is 7.53. The Hall–Kier alpha value is -3.15. The van der Waals surface area contributed by atoms with Crippen molar-refractivity contribution in [3.05, 3.63) is 64.5 Å². The van der Waals surface area contributed by atoms with E-state index in [1.165, 1.54) is 5.56 Å². The van der Waals surface area contributed by atoms with Crippen LogP contribution >= 0.6 is 0 Å². The standard InChI is InChI=1S/C21H25N5O.CH4/c1-13-6-8-16(9-7-13)17-10-18(14(2)19(11-17)22-4)21(27)23-12-20-15(3)24-25-26(20)5;/h6-11,22H,12H2,1-5H3,(H,23,27);1H4. The van der Waals surface area contributed by atoms with Crippen molar-refractivity contribution in [1.29, 1.82) is 0 Å². The second kappa shape index (κ2) is 8.69. The van der Waals surface area contributed by atoms with Crippen molar-refractivity contribution in [3.63, 3.8) is 0 Å². The first kappa shape index (κ1) is 21.2. The highest BCUT2D eigenvalue weighted by Gasteiger charge is 2.16. The monoisotopic (exact) mass is 379 g/mol. The fourth-order valence-corrected chi connectivity index (χ4v) is 3.10. The van der Waals surface area contributed by atoms with Crippen LogP contribution in [0.4, 0.5) is 5.69 Å². The topological polar surface area (TPSA) is 71.8 Å². The molecule has 148 valence electrons. The molecule has 0 atom stereocenters. The molecule has 28 heavy (non-hydrogen) atoms. The molecule has 3 aromatic rings. The minimum atomic E-state index is -0.112. The normalized spacial score (nSPS) is 10.3. The summed E-state index contributed by atoms with van der Waals surface area (Å²) >= 11 is 0. The Labute approximate surface area is 167 Å². The molecule has 1 heterocycles. The predicted octanol–water partition coefficient (Wildman–Crippen LogP) is 4.02. The van der Waals surface area contributed by atoms with Gasteiger partial charge in [-0.25, -0.2) is 0 Å². The molecule has 0 spiro atoms. The fraction of sp³-hybridized carbons (Fsp3) is 0.318. The van der Waals surface area contributed by atoms with Crippen LogP contribution in [0.3, 0.4) is 0 Å². The van der Waals surface area contributed by atoms with Gasteiger partial charge < -0.3 is 10.6 Å². The van der Waals surface area contributed by atoms with Gasteiger partial charge in [-0.2, -0.15) is 0 Å². The van der Waals surface area contributed by atoms with Crippen molar-refractivity contribution in [2.45, 2.75) is 34.7 Å². The zero-order valence-corrected chi connectivity index (χ0v) is 16.4. The summed E-state index contributed by atoms with van der Waals surface area (Å²) in [4.78, 5) is 12.9. The second-order valence-corrected chi connectivity index (χ2v) is 6.74. The van der Waals surface area contributed by atoms with E-state index in [9.17, 15) is 4.79 Å². The van der Waals surface area contributed by atoms with E-state index in [1.54, 1.807) is 4.68 Å². The number of carbonyl (C=O) groups is 1. The van der Waals surface area contributed by atoms with E-state index in [2.05, 4.69) is 58.2 Å². The fourth-order valence-electron chi connectivity index (χ4n) is 3.10. The molecule has 0 saturated carbocycles. The van der Waals surface area contributed by atoms with Crippen molar-refractivity contribution in [3.8, 4) is 11.1 Å². The molecule has 0 aliphatic rings. The van der Waals surface area contributed by atoms with Crippen LogP contribution < -0.4 is 10.6 Å². The Kier molecular flexibility index (Phi) is 6.57. The second-order valence-electron chi connectivity index (χ2n) is 6.74. The Bertz CT molecular complexity index is 954. The molecule has 1 amide bonds. The quantitative estimate of drug-likeness (QED) is 0.702. The zero-order chi connectivity index (χ0) is 19.6. The number of rotatable bonds is 5. The lowest BCUT2D eigenvalue weighted by Crippen LogP contribution is -2.25. The first-order chi connectivity index (χ1) is 12.9. The molecule has 0 fully saturated rings. The molecular weight excluding hydrogens is 350 g/mol. The van der Waals surface area contributed by atoms with Crippen LogP contribution in [-0.4, -0.2) is 27.9 Å². The lowest BCUT2D eigenvalue weighted by atomic mass is 9.97. The van der Waals surface area contributed by atoms with Gasteiger partial charge in [0.15, 0.2) is 0 Å². The van der Waals surface area contributed by atoms with Crippen LogP contribution in [0.1, 0.15) is 40.3 Å². The van der Waals surface area contributed by atoms with Gasteiger partial charge in [0, 0.05) is 25.3 Å². The lowest BCUT2D eigenvalue weighted by Gasteiger charge is -2.15. The minimum absolute atomic E-state index is 0. The summed E-state index contributed by atoms with van der Waals surface area (Å²) in [5, 5.41) is 14.2. The molecule has 3 rings (SSSR count). The maximum atomic E-state index is 12.9. The van der Waals surface area contributed by atoms with Crippen LogP contribution in [-0.2, 0) is 13.6 Å². The lowest BCUT2D eigenvalue weighted by molar-refractivity contribution is 0.0949. The molecule has 6 nitrogen and oxygen atoms in total. The van der Waals surface area contributed by atoms with Gasteiger partial charge in [-0.3, -0.25) is 9.48 Å². The molecule has 0 aliphatic heterocycles. The van der Waals surface area contributed by atoms with E-state index in [-0.39, 0.29) is 13.3 Å². The third kappa shape index (κ3) is 4.22. The van der Waals surface area contributed by atoms with Crippen molar-refractivity contribution >= 4 is 11.6 Å². The SMILES string of the molecule is C.CNc1cc(-c2ccc(C)cc2)cc(C(=O)NCc2c(C)nnn2C)c1C. The molecule has 0 unspecified atom stereocenters. The van der Waals surface area contributed by atoms with Crippen LogP contribution in [0, 0.1) is 20.8 Å². The maximum Gasteiger partial charge on any atom is 0.251 e. The van der Waals surface area contributed by atoms with Gasteiger partial charge in [0.25, 0.3) is 5.91 Å². The van der Waals surface area contributed by atoms with Gasteiger partial charge in [-0.1, -0.05) is 42.5 Å². The van der Waals surface area contributed by atoms with E-state index in [0.29, 0.717) is 12.1 Å². The first-order valence-electron chi connectivity index (χ1n) is 8.93. The van der Waals surface area contributed by atoms with E-state index in [4.69, 9.17) is 0 Å². The number of nitrogens with zero attached hydrogens (tertiary/aromatic N) is 3. The van der Waals surface area contributed by atoms with Crippen LogP contribution in [0.15, 0.2) is 36.4 Å². The number of hydrogen-bond donors (Lipinski definition) is 2. The first-order valence-corrected chi connectivity index (χ1v) is 8.93. The van der Waals surface area contributed by atoms with Crippen LogP contribution in [0.5, 0.6) is 0 Å². The minimum Gasteiger partial charge on any atom is -0.388 e. The van der Waals surface area contributed by atoms with Crippen molar-refractivity contribution in [2.24, 2.45) is 7.05 Å². The van der Waals surface area contributed by atoms with Gasteiger partial charge in [0.05, 0.1) is 17.9 Å². The number of amides is 1. The van der Waals surface area contributed by atoms with Crippen LogP contribution in [0.25, 0.3) is 11.1 Å². The highest BCUT2D eigenvalue weighted by Crippen LogP contribution is 2.29. The summed E-state index contributed by atoms with van der Waals surface area (Å²) < 4.78 is 1.68. The largest absolute Gasteiger partial charge is 0.388 e. The zero-order valence-electron chi connectivity index (χ0n) is 16.4. The summed E-state index contributed by atoms with van der Waals surface area (Å²) in [6, 6.07) is 12.3. The molecule has 0 radical (unpaired) electrons. The third-order valence-electron chi connectivity index (χ3n) is 4.86. The number of hydrogen-bond acceptors (Lipinski definition) is 4. The van der Waals surface area contributed by atoms with Gasteiger partial charge in [0.1, 0.15) is 0 Å². The summed E-state index contributed by atoms with van der Waals surface area (Å²) in [6.07, 6.45) is 0. The number of carbonyl (C=O) groups excluding carboxylic acids is 1. The molecule has 6 heteroatoms. The Balaban J connectivity index is 0.00000280. The Morgan fingerprint density at radius 3 is 2.32 bits per heavy atom. The average molecular weight is 380 g/mol. The molecule has 2 N–H and O–H groups in total. The van der Waals surface area contributed by atoms with Crippen molar-refractivity contribution in [2.75, 3.05) is 12.4 Å². The number of benzene rings is 2. The van der Waals surface area contributed by atoms with Gasteiger partial charge >= 0.3 is 0 Å². The molecule has 0 bridgehead atoms. The molecular formula is C22H29N5O. The summed E-state index contributed by atoms with van der Waals surface area (Å²) in [6.45, 7) is 6.29. The Morgan fingerprint density at radius 2 is 1.75 bits per heavy atom. The molecule has 2 aromatic carbocycles. The molecule has 1 aromatic heterocycles.